The molecule has 21 heavy (non-hydrogen) atoms. The van der Waals surface area contributed by atoms with Crippen molar-refractivity contribution in [2.45, 2.75) is 25.3 Å². The minimum atomic E-state index is -0.738. The van der Waals surface area contributed by atoms with Crippen LogP contribution < -0.4 is 5.73 Å². The second kappa shape index (κ2) is 10.1. The molecule has 1 amide bonds. The van der Waals surface area contributed by atoms with Crippen molar-refractivity contribution in [1.29, 1.82) is 0 Å². The maximum absolute atomic E-state index is 11.9. The fourth-order valence-corrected chi connectivity index (χ4v) is 1.71. The summed E-state index contributed by atoms with van der Waals surface area (Å²) in [4.78, 5) is 28.6. The summed E-state index contributed by atoms with van der Waals surface area (Å²) in [6, 6.07) is 3.11. The molecular formula is C14H22ClN3O3. The SMILES string of the molecule is COC(=O)C(N)CCC(=O)N(C)CCc1ccncc1.Cl. The molecule has 7 heteroatoms. The highest BCUT2D eigenvalue weighted by Crippen LogP contribution is 2.03. The van der Waals surface area contributed by atoms with Crippen molar-refractivity contribution >= 4 is 24.3 Å². The van der Waals surface area contributed by atoms with E-state index < -0.39 is 12.0 Å². The molecule has 1 rings (SSSR count). The van der Waals surface area contributed by atoms with E-state index in [0.29, 0.717) is 13.0 Å². The van der Waals surface area contributed by atoms with Gasteiger partial charge in [0, 0.05) is 32.4 Å². The number of hydrogen-bond acceptors (Lipinski definition) is 5. The molecule has 2 N–H and O–H groups in total. The van der Waals surface area contributed by atoms with E-state index in [0.717, 1.165) is 12.0 Å². The van der Waals surface area contributed by atoms with Crippen molar-refractivity contribution in [3.05, 3.63) is 30.1 Å². The minimum Gasteiger partial charge on any atom is -0.468 e. The number of amides is 1. The molecular weight excluding hydrogens is 294 g/mol. The Morgan fingerprint density at radius 1 is 1.38 bits per heavy atom. The Kier molecular flexibility index (Phi) is 9.32. The molecule has 0 saturated carbocycles. The van der Waals surface area contributed by atoms with E-state index >= 15 is 0 Å². The van der Waals surface area contributed by atoms with Gasteiger partial charge in [-0.1, -0.05) is 0 Å². The largest absolute Gasteiger partial charge is 0.468 e. The standard InChI is InChI=1S/C14H21N3O3.ClH/c1-17(10-7-11-5-8-16-9-6-11)13(18)4-3-12(15)14(19)20-2;/h5-6,8-9,12H,3-4,7,10,15H2,1-2H3;1H. The maximum atomic E-state index is 11.9. The Labute approximate surface area is 131 Å². The Morgan fingerprint density at radius 3 is 2.57 bits per heavy atom. The average molecular weight is 316 g/mol. The van der Waals surface area contributed by atoms with Gasteiger partial charge in [0.25, 0.3) is 0 Å². The Bertz CT molecular complexity index is 442. The van der Waals surface area contributed by atoms with Gasteiger partial charge in [0.1, 0.15) is 6.04 Å². The lowest BCUT2D eigenvalue weighted by Crippen LogP contribution is -2.34. The third-order valence-corrected chi connectivity index (χ3v) is 3.08. The summed E-state index contributed by atoms with van der Waals surface area (Å²) in [5.74, 6) is -0.518. The smallest absolute Gasteiger partial charge is 0.322 e. The van der Waals surface area contributed by atoms with Crippen LogP contribution in [0.4, 0.5) is 0 Å². The summed E-state index contributed by atoms with van der Waals surface area (Å²) < 4.78 is 4.52. The summed E-state index contributed by atoms with van der Waals surface area (Å²) in [5.41, 5.74) is 6.72. The van der Waals surface area contributed by atoms with E-state index in [1.54, 1.807) is 24.3 Å². The van der Waals surface area contributed by atoms with Crippen molar-refractivity contribution < 1.29 is 14.3 Å². The van der Waals surface area contributed by atoms with Gasteiger partial charge in [-0.3, -0.25) is 14.6 Å². The summed E-state index contributed by atoms with van der Waals surface area (Å²) in [6.07, 6.45) is 4.76. The number of ether oxygens (including phenoxy) is 1. The fraction of sp³-hybridized carbons (Fsp3) is 0.500. The normalized spacial score (nSPS) is 11.2. The number of rotatable bonds is 7. The number of halogens is 1. The summed E-state index contributed by atoms with van der Waals surface area (Å²) in [5, 5.41) is 0. The second-order valence-corrected chi connectivity index (χ2v) is 4.59. The number of esters is 1. The number of pyridine rings is 1. The first kappa shape index (κ1) is 19.3. The van der Waals surface area contributed by atoms with Crippen LogP contribution in [0.2, 0.25) is 0 Å². The molecule has 1 aromatic heterocycles. The van der Waals surface area contributed by atoms with Crippen LogP contribution in [-0.4, -0.2) is 48.5 Å². The fourth-order valence-electron chi connectivity index (χ4n) is 1.71. The van der Waals surface area contributed by atoms with Crippen LogP contribution >= 0.6 is 12.4 Å². The lowest BCUT2D eigenvalue weighted by molar-refractivity contribution is -0.142. The molecule has 0 bridgehead atoms. The molecule has 1 atom stereocenters. The molecule has 0 aliphatic heterocycles. The number of hydrogen-bond donors (Lipinski definition) is 1. The molecule has 0 saturated heterocycles. The van der Waals surface area contributed by atoms with E-state index in [1.807, 2.05) is 12.1 Å². The zero-order chi connectivity index (χ0) is 15.0. The van der Waals surface area contributed by atoms with Gasteiger partial charge >= 0.3 is 5.97 Å². The summed E-state index contributed by atoms with van der Waals surface area (Å²) in [6.45, 7) is 0.621. The highest BCUT2D eigenvalue weighted by atomic mass is 35.5. The number of nitrogens with two attached hydrogens (primary N) is 1. The number of likely N-dealkylation sites (N-methyl/N-ethyl adjacent to an activating group) is 1. The maximum Gasteiger partial charge on any atom is 0.322 e. The highest BCUT2D eigenvalue weighted by molar-refractivity contribution is 5.85. The summed E-state index contributed by atoms with van der Waals surface area (Å²) in [7, 11) is 3.03. The van der Waals surface area contributed by atoms with Crippen molar-refractivity contribution in [3.8, 4) is 0 Å². The van der Waals surface area contributed by atoms with Crippen molar-refractivity contribution in [1.82, 2.24) is 9.88 Å². The van der Waals surface area contributed by atoms with Gasteiger partial charge in [-0.15, -0.1) is 12.4 Å². The van der Waals surface area contributed by atoms with Gasteiger partial charge in [0.2, 0.25) is 5.91 Å². The van der Waals surface area contributed by atoms with Gasteiger partial charge in [-0.25, -0.2) is 0 Å². The second-order valence-electron chi connectivity index (χ2n) is 4.59. The quantitative estimate of drug-likeness (QED) is 0.752. The Balaban J connectivity index is 0.00000400. The van der Waals surface area contributed by atoms with E-state index in [9.17, 15) is 9.59 Å². The minimum absolute atomic E-state index is 0. The average Bonchev–Trinajstić information content (AvgIpc) is 2.49. The van der Waals surface area contributed by atoms with Gasteiger partial charge in [0.15, 0.2) is 0 Å². The van der Waals surface area contributed by atoms with Crippen LogP contribution in [0.25, 0.3) is 0 Å². The van der Waals surface area contributed by atoms with E-state index in [1.165, 1.54) is 7.11 Å². The van der Waals surface area contributed by atoms with Gasteiger partial charge in [0.05, 0.1) is 7.11 Å². The van der Waals surface area contributed by atoms with Crippen LogP contribution in [0.15, 0.2) is 24.5 Å². The van der Waals surface area contributed by atoms with Crippen LogP contribution in [0.3, 0.4) is 0 Å². The van der Waals surface area contributed by atoms with Crippen LogP contribution in [-0.2, 0) is 20.7 Å². The molecule has 0 fully saturated rings. The van der Waals surface area contributed by atoms with Crippen LogP contribution in [0.5, 0.6) is 0 Å². The number of aromatic nitrogens is 1. The predicted molar refractivity (Wildman–Crippen MR) is 82.1 cm³/mol. The summed E-state index contributed by atoms with van der Waals surface area (Å²) >= 11 is 0. The molecule has 1 aromatic rings. The molecule has 1 heterocycles. The van der Waals surface area contributed by atoms with Crippen molar-refractivity contribution in [2.24, 2.45) is 5.73 Å². The molecule has 1 unspecified atom stereocenters. The van der Waals surface area contributed by atoms with Crippen LogP contribution in [0.1, 0.15) is 18.4 Å². The molecule has 0 aliphatic carbocycles. The first-order valence-electron chi connectivity index (χ1n) is 6.51. The third kappa shape index (κ3) is 7.06. The van der Waals surface area contributed by atoms with Gasteiger partial charge < -0.3 is 15.4 Å². The lowest BCUT2D eigenvalue weighted by Gasteiger charge is -2.18. The third-order valence-electron chi connectivity index (χ3n) is 3.08. The van der Waals surface area contributed by atoms with E-state index in [-0.39, 0.29) is 24.7 Å². The number of carbonyl (C=O) groups excluding carboxylic acids is 2. The number of carbonyl (C=O) groups is 2. The molecule has 118 valence electrons. The van der Waals surface area contributed by atoms with Crippen molar-refractivity contribution in [2.75, 3.05) is 20.7 Å². The molecule has 0 radical (unpaired) electrons. The molecule has 0 aliphatic rings. The number of nitrogens with zero attached hydrogens (tertiary/aromatic N) is 2. The van der Waals surface area contributed by atoms with Gasteiger partial charge in [-0.05, 0) is 30.5 Å². The molecule has 0 spiro atoms. The lowest BCUT2D eigenvalue weighted by atomic mass is 10.1. The van der Waals surface area contributed by atoms with Crippen molar-refractivity contribution in [3.63, 3.8) is 0 Å². The molecule has 6 nitrogen and oxygen atoms in total. The first-order chi connectivity index (χ1) is 9.54. The topological polar surface area (TPSA) is 85.5 Å². The Hall–Kier alpha value is -1.66. The highest BCUT2D eigenvalue weighted by Gasteiger charge is 2.16. The zero-order valence-electron chi connectivity index (χ0n) is 12.3. The monoisotopic (exact) mass is 315 g/mol. The predicted octanol–water partition coefficient (Wildman–Crippen LogP) is 0.785. The molecule has 0 aromatic carbocycles. The van der Waals surface area contributed by atoms with Gasteiger partial charge in [-0.2, -0.15) is 0 Å². The van der Waals surface area contributed by atoms with E-state index in [4.69, 9.17) is 5.73 Å². The Morgan fingerprint density at radius 2 is 2.00 bits per heavy atom. The zero-order valence-corrected chi connectivity index (χ0v) is 13.1. The number of methoxy groups -OCH3 is 1. The van der Waals surface area contributed by atoms with Crippen LogP contribution in [0, 0.1) is 0 Å². The first-order valence-corrected chi connectivity index (χ1v) is 6.51. The van der Waals surface area contributed by atoms with E-state index in [2.05, 4.69) is 9.72 Å².